The Balaban J connectivity index is 0.000000227. The van der Waals surface area contributed by atoms with Gasteiger partial charge in [-0.15, -0.1) is 32.8 Å². The van der Waals surface area contributed by atoms with Crippen LogP contribution in [0.4, 0.5) is 50.9 Å². The molecule has 3 amide bonds. The number of carbonyl (C=O) groups excluding carboxylic acids is 3. The summed E-state index contributed by atoms with van der Waals surface area (Å²) in [6, 6.07) is 25.4. The van der Waals surface area contributed by atoms with Crippen molar-refractivity contribution in [1.82, 2.24) is 30.6 Å². The van der Waals surface area contributed by atoms with Crippen LogP contribution in [0, 0.1) is 23.5 Å². The van der Waals surface area contributed by atoms with Gasteiger partial charge in [0.15, 0.2) is 0 Å². The minimum atomic E-state index is -4.99. The topological polar surface area (TPSA) is 151 Å². The maximum atomic E-state index is 15.0. The Morgan fingerprint density at radius 3 is 1.39 bits per heavy atom. The molecule has 0 unspecified atom stereocenters. The molecule has 4 heterocycles. The Kier molecular flexibility index (Phi) is 17.2. The molecule has 2 aliphatic rings. The third-order valence-electron chi connectivity index (χ3n) is 11.2. The highest BCUT2D eigenvalue weighted by atomic mass is 35.5. The SMILES string of the molecule is Cl.O=C(C1CCN(C(=O)C(F)(F)F)CC1)N(Cc1ccc(-c2nnc(C(F)F)o2)cc1F)c1ccccc1.O=C(C1CCNCC1)N(Cc1ccc(-c2nnc(C(F)F)o2)cc1F)c1ccccc1. The number of nitrogens with zero attached hydrogens (tertiary/aromatic N) is 7. The Labute approximate surface area is 394 Å². The molecule has 366 valence electrons. The van der Waals surface area contributed by atoms with E-state index >= 15 is 4.39 Å². The number of alkyl halides is 7. The first-order valence-corrected chi connectivity index (χ1v) is 21.2. The standard InChI is InChI=1S/C24H20F6N4O3.C22H21F3N4O2.ClH/c25-18-12-15(20-31-32-21(37-20)19(26)27)6-7-16(18)13-34(17-4-2-1-3-5-17)22(35)14-8-10-33(11-9-14)23(36)24(28,29)30;23-18-12-15(20-27-28-21(31-20)19(24)25)6-7-16(18)13-29(17-4-2-1-3-5-17)22(30)14-8-10-26-11-9-14;/h1-7,12,14,19H,8-11,13H2;1-7,12,14,19,26H,8-11,13H2;1H. The van der Waals surface area contributed by atoms with E-state index < -0.39 is 60.2 Å². The largest absolute Gasteiger partial charge is 0.471 e. The second-order valence-corrected chi connectivity index (χ2v) is 15.7. The molecule has 2 saturated heterocycles. The van der Waals surface area contributed by atoms with E-state index in [-0.39, 0.29) is 91.7 Å². The second kappa shape index (κ2) is 23.0. The molecule has 2 aliphatic heterocycles. The van der Waals surface area contributed by atoms with E-state index in [2.05, 4.69) is 25.7 Å². The fourth-order valence-electron chi connectivity index (χ4n) is 7.66. The molecule has 0 bridgehead atoms. The van der Waals surface area contributed by atoms with Crippen LogP contribution in [0.25, 0.3) is 22.9 Å². The molecule has 69 heavy (non-hydrogen) atoms. The number of hydrogen-bond donors (Lipinski definition) is 1. The lowest BCUT2D eigenvalue weighted by Crippen LogP contribution is -2.48. The minimum absolute atomic E-state index is 0. The molecule has 0 atom stereocenters. The van der Waals surface area contributed by atoms with Crippen LogP contribution in [-0.4, -0.2) is 75.4 Å². The van der Waals surface area contributed by atoms with Gasteiger partial charge in [0.1, 0.15) is 11.6 Å². The summed E-state index contributed by atoms with van der Waals surface area (Å²) in [5.74, 6) is -6.76. The van der Waals surface area contributed by atoms with Gasteiger partial charge in [-0.1, -0.05) is 48.5 Å². The highest BCUT2D eigenvalue weighted by Crippen LogP contribution is 2.31. The van der Waals surface area contributed by atoms with Crippen LogP contribution in [0.15, 0.2) is 106 Å². The second-order valence-electron chi connectivity index (χ2n) is 15.7. The van der Waals surface area contributed by atoms with E-state index in [0.29, 0.717) is 21.8 Å². The third-order valence-corrected chi connectivity index (χ3v) is 11.2. The first-order chi connectivity index (χ1) is 32.6. The number of halogens is 10. The summed E-state index contributed by atoms with van der Waals surface area (Å²) in [5.41, 5.74) is 1.79. The predicted molar refractivity (Wildman–Crippen MR) is 233 cm³/mol. The smallest absolute Gasteiger partial charge is 0.415 e. The van der Waals surface area contributed by atoms with Gasteiger partial charge in [0, 0.05) is 58.6 Å². The van der Waals surface area contributed by atoms with Crippen molar-refractivity contribution in [3.05, 3.63) is 132 Å². The summed E-state index contributed by atoms with van der Waals surface area (Å²) < 4.78 is 129. The monoisotopic (exact) mass is 992 g/mol. The molecule has 2 fully saturated rings. The van der Waals surface area contributed by atoms with Crippen molar-refractivity contribution in [3.8, 4) is 22.9 Å². The summed E-state index contributed by atoms with van der Waals surface area (Å²) in [5, 5.41) is 16.7. The summed E-state index contributed by atoms with van der Waals surface area (Å²) in [4.78, 5) is 41.8. The summed E-state index contributed by atoms with van der Waals surface area (Å²) in [7, 11) is 0. The van der Waals surface area contributed by atoms with Crippen LogP contribution in [-0.2, 0) is 27.5 Å². The van der Waals surface area contributed by atoms with Crippen molar-refractivity contribution in [3.63, 3.8) is 0 Å². The van der Waals surface area contributed by atoms with E-state index in [1.165, 1.54) is 29.2 Å². The van der Waals surface area contributed by atoms with Crippen LogP contribution in [0.1, 0.15) is 61.4 Å². The van der Waals surface area contributed by atoms with Gasteiger partial charge in [-0.25, -0.2) is 8.78 Å². The van der Waals surface area contributed by atoms with Crippen molar-refractivity contribution in [2.24, 2.45) is 11.8 Å². The van der Waals surface area contributed by atoms with Crippen molar-refractivity contribution >= 4 is 41.5 Å². The summed E-state index contributed by atoms with van der Waals surface area (Å²) in [6.45, 7) is 0.921. The van der Waals surface area contributed by atoms with Crippen LogP contribution in [0.5, 0.6) is 0 Å². The van der Waals surface area contributed by atoms with Crippen molar-refractivity contribution in [2.75, 3.05) is 36.0 Å². The Bertz CT molecular complexity index is 2660. The molecule has 0 radical (unpaired) electrons. The number of para-hydroxylation sites is 2. The molecule has 0 aliphatic carbocycles. The van der Waals surface area contributed by atoms with Gasteiger partial charge in [0.05, 0.1) is 13.1 Å². The molecule has 6 aromatic rings. The fourth-order valence-corrected chi connectivity index (χ4v) is 7.66. The number of benzene rings is 4. The Morgan fingerprint density at radius 2 is 1.03 bits per heavy atom. The summed E-state index contributed by atoms with van der Waals surface area (Å²) in [6.07, 6.45) is -9.36. The van der Waals surface area contributed by atoms with E-state index in [4.69, 9.17) is 8.83 Å². The van der Waals surface area contributed by atoms with Crippen LogP contribution in [0.2, 0.25) is 0 Å². The maximum Gasteiger partial charge on any atom is 0.471 e. The van der Waals surface area contributed by atoms with Crippen molar-refractivity contribution in [1.29, 1.82) is 0 Å². The van der Waals surface area contributed by atoms with Gasteiger partial charge in [0.25, 0.3) is 11.8 Å². The third kappa shape index (κ3) is 12.8. The number of anilines is 2. The van der Waals surface area contributed by atoms with Gasteiger partial charge < -0.3 is 28.9 Å². The van der Waals surface area contributed by atoms with E-state index in [9.17, 15) is 49.5 Å². The molecule has 13 nitrogen and oxygen atoms in total. The van der Waals surface area contributed by atoms with Crippen molar-refractivity contribution in [2.45, 2.75) is 57.8 Å². The number of amides is 3. The van der Waals surface area contributed by atoms with Crippen molar-refractivity contribution < 1.29 is 62.7 Å². The number of carbonyl (C=O) groups is 3. The maximum absolute atomic E-state index is 15.0. The van der Waals surface area contributed by atoms with Crippen LogP contribution >= 0.6 is 12.4 Å². The zero-order valence-electron chi connectivity index (χ0n) is 36.1. The molecule has 0 saturated carbocycles. The average Bonchev–Trinajstić information content (AvgIpc) is 4.06. The number of piperidine rings is 2. The van der Waals surface area contributed by atoms with Gasteiger partial charge in [-0.3, -0.25) is 14.4 Å². The van der Waals surface area contributed by atoms with Gasteiger partial charge in [-0.2, -0.15) is 30.7 Å². The molecule has 4 aromatic carbocycles. The first-order valence-electron chi connectivity index (χ1n) is 21.2. The zero-order valence-corrected chi connectivity index (χ0v) is 36.9. The van der Waals surface area contributed by atoms with Gasteiger partial charge in [0.2, 0.25) is 23.6 Å². The quantitative estimate of drug-likeness (QED) is 0.117. The number of hydrogen-bond acceptors (Lipinski definition) is 10. The minimum Gasteiger partial charge on any atom is -0.415 e. The Morgan fingerprint density at radius 1 is 0.623 bits per heavy atom. The molecular weight excluding hydrogens is 951 g/mol. The lowest BCUT2D eigenvalue weighted by Gasteiger charge is -2.34. The molecule has 2 aromatic heterocycles. The van der Waals surface area contributed by atoms with Crippen LogP contribution < -0.4 is 15.1 Å². The number of likely N-dealkylation sites (tertiary alicyclic amines) is 1. The first kappa shape index (κ1) is 51.6. The lowest BCUT2D eigenvalue weighted by molar-refractivity contribution is -0.186. The highest BCUT2D eigenvalue weighted by Gasteiger charge is 2.44. The zero-order chi connectivity index (χ0) is 48.5. The molecule has 1 N–H and O–H groups in total. The normalized spacial score (nSPS) is 14.5. The average molecular weight is 993 g/mol. The molecule has 23 heteroatoms. The number of nitrogens with one attached hydrogen (secondary N) is 1. The molecule has 0 spiro atoms. The van der Waals surface area contributed by atoms with E-state index in [1.807, 2.05) is 30.3 Å². The molecule has 8 rings (SSSR count). The fraction of sp³-hybridized carbons (Fsp3) is 0.326. The van der Waals surface area contributed by atoms with E-state index in [1.54, 1.807) is 35.2 Å². The number of aromatic nitrogens is 4. The van der Waals surface area contributed by atoms with Gasteiger partial charge in [-0.05, 0) is 87.3 Å². The predicted octanol–water partition coefficient (Wildman–Crippen LogP) is 9.92. The van der Waals surface area contributed by atoms with Gasteiger partial charge >= 0.3 is 24.9 Å². The number of rotatable bonds is 12. The highest BCUT2D eigenvalue weighted by molar-refractivity contribution is 5.96. The Hall–Kier alpha value is -6.81. The van der Waals surface area contributed by atoms with Crippen LogP contribution in [0.3, 0.4) is 0 Å². The van der Waals surface area contributed by atoms with E-state index in [0.717, 1.165) is 38.1 Å². The molecular formula is C46H42ClF9N8O5. The summed E-state index contributed by atoms with van der Waals surface area (Å²) >= 11 is 0. The lowest BCUT2D eigenvalue weighted by atomic mass is 9.94.